The summed E-state index contributed by atoms with van der Waals surface area (Å²) in [6, 6.07) is 12.9. The molecule has 3 aromatic rings. The molecule has 0 aliphatic rings. The first-order valence-corrected chi connectivity index (χ1v) is 8.33. The van der Waals surface area contributed by atoms with Gasteiger partial charge in [0.2, 0.25) is 0 Å². The number of carbonyl (C=O) groups is 1. The van der Waals surface area contributed by atoms with E-state index in [1.807, 2.05) is 45.0 Å². The van der Waals surface area contributed by atoms with Crippen LogP contribution in [0.4, 0.5) is 5.69 Å². The number of aryl methyl sites for hydroxylation is 1. The van der Waals surface area contributed by atoms with Crippen LogP contribution in [0.3, 0.4) is 0 Å². The number of para-hydroxylation sites is 1. The van der Waals surface area contributed by atoms with E-state index in [4.69, 9.17) is 13.9 Å². The Morgan fingerprint density at radius 2 is 1.76 bits per heavy atom. The van der Waals surface area contributed by atoms with Crippen molar-refractivity contribution in [1.29, 1.82) is 0 Å². The highest BCUT2D eigenvalue weighted by Crippen LogP contribution is 2.31. The largest absolute Gasteiger partial charge is 0.490 e. The molecule has 5 heteroatoms. The molecule has 1 amide bonds. The third-order valence-corrected chi connectivity index (χ3v) is 3.85. The molecular formula is C20H21NO4. The van der Waals surface area contributed by atoms with Crippen LogP contribution in [0.15, 0.2) is 46.9 Å². The third kappa shape index (κ3) is 3.45. The van der Waals surface area contributed by atoms with Crippen LogP contribution in [0.5, 0.6) is 11.5 Å². The predicted octanol–water partition coefficient (Wildman–Crippen LogP) is 4.79. The van der Waals surface area contributed by atoms with Crippen molar-refractivity contribution in [2.45, 2.75) is 20.8 Å². The number of nitrogens with one attached hydrogen (secondary N) is 1. The van der Waals surface area contributed by atoms with Crippen molar-refractivity contribution in [3.05, 3.63) is 53.8 Å². The maximum absolute atomic E-state index is 12.6. The number of ether oxygens (including phenoxy) is 2. The van der Waals surface area contributed by atoms with Gasteiger partial charge in [0.1, 0.15) is 5.58 Å². The third-order valence-electron chi connectivity index (χ3n) is 3.85. The van der Waals surface area contributed by atoms with Gasteiger partial charge in [-0.25, -0.2) is 0 Å². The Morgan fingerprint density at radius 1 is 1.04 bits per heavy atom. The Hall–Kier alpha value is -2.95. The number of carbonyl (C=O) groups excluding carboxylic acids is 1. The number of furan rings is 1. The summed E-state index contributed by atoms with van der Waals surface area (Å²) in [6.45, 7) is 6.75. The minimum Gasteiger partial charge on any atom is -0.490 e. The van der Waals surface area contributed by atoms with Crippen molar-refractivity contribution < 1.29 is 18.7 Å². The summed E-state index contributed by atoms with van der Waals surface area (Å²) in [5.41, 5.74) is 2.15. The van der Waals surface area contributed by atoms with E-state index >= 15 is 0 Å². The number of hydrogen-bond donors (Lipinski definition) is 1. The lowest BCUT2D eigenvalue weighted by Crippen LogP contribution is -2.12. The molecule has 1 heterocycles. The number of rotatable bonds is 6. The van der Waals surface area contributed by atoms with Gasteiger partial charge in [-0.2, -0.15) is 0 Å². The van der Waals surface area contributed by atoms with Crippen LogP contribution in [0.1, 0.15) is 30.0 Å². The first kappa shape index (κ1) is 16.9. The number of benzene rings is 2. The lowest BCUT2D eigenvalue weighted by Gasteiger charge is -2.12. The van der Waals surface area contributed by atoms with Gasteiger partial charge >= 0.3 is 0 Å². The molecule has 5 nitrogen and oxygen atoms in total. The van der Waals surface area contributed by atoms with Gasteiger partial charge in [0.15, 0.2) is 17.3 Å². The summed E-state index contributed by atoms with van der Waals surface area (Å²) in [5.74, 6) is 1.28. The van der Waals surface area contributed by atoms with Crippen molar-refractivity contribution in [2.75, 3.05) is 18.5 Å². The van der Waals surface area contributed by atoms with E-state index in [0.717, 1.165) is 10.9 Å². The topological polar surface area (TPSA) is 60.7 Å². The quantitative estimate of drug-likeness (QED) is 0.701. The van der Waals surface area contributed by atoms with Gasteiger partial charge in [-0.3, -0.25) is 4.79 Å². The predicted molar refractivity (Wildman–Crippen MR) is 97.7 cm³/mol. The summed E-state index contributed by atoms with van der Waals surface area (Å²) >= 11 is 0. The minimum absolute atomic E-state index is 0.291. The van der Waals surface area contributed by atoms with E-state index in [9.17, 15) is 4.79 Å². The van der Waals surface area contributed by atoms with Gasteiger partial charge in [-0.15, -0.1) is 0 Å². The molecule has 0 aliphatic carbocycles. The molecule has 0 unspecified atom stereocenters. The lowest BCUT2D eigenvalue weighted by atomic mass is 10.1. The average molecular weight is 339 g/mol. The normalized spacial score (nSPS) is 10.7. The van der Waals surface area contributed by atoms with E-state index in [-0.39, 0.29) is 5.91 Å². The zero-order chi connectivity index (χ0) is 17.8. The molecule has 2 aromatic carbocycles. The average Bonchev–Trinajstić information content (AvgIpc) is 2.95. The van der Waals surface area contributed by atoms with Crippen molar-refractivity contribution in [3.8, 4) is 11.5 Å². The maximum atomic E-state index is 12.6. The second kappa shape index (κ2) is 7.30. The molecule has 0 fully saturated rings. The zero-order valence-corrected chi connectivity index (χ0v) is 14.6. The van der Waals surface area contributed by atoms with Gasteiger partial charge < -0.3 is 19.2 Å². The summed E-state index contributed by atoms with van der Waals surface area (Å²) in [6.07, 6.45) is 0. The minimum atomic E-state index is -0.291. The van der Waals surface area contributed by atoms with Crippen LogP contribution < -0.4 is 14.8 Å². The zero-order valence-electron chi connectivity index (χ0n) is 14.6. The fourth-order valence-corrected chi connectivity index (χ4v) is 2.71. The molecule has 130 valence electrons. The van der Waals surface area contributed by atoms with Gasteiger partial charge in [0.25, 0.3) is 5.91 Å². The fourth-order valence-electron chi connectivity index (χ4n) is 2.71. The number of hydrogen-bond acceptors (Lipinski definition) is 4. The highest BCUT2D eigenvalue weighted by Gasteiger charge is 2.18. The first-order chi connectivity index (χ1) is 12.1. The van der Waals surface area contributed by atoms with Crippen LogP contribution in [0.2, 0.25) is 0 Å². The molecular weight excluding hydrogens is 318 g/mol. The summed E-state index contributed by atoms with van der Waals surface area (Å²) < 4.78 is 16.8. The van der Waals surface area contributed by atoms with Gasteiger partial charge in [-0.1, -0.05) is 18.2 Å². The SMILES string of the molecule is CCOc1ccc(NC(=O)c2oc3ccccc3c2C)cc1OCC. The second-order valence-corrected chi connectivity index (χ2v) is 5.53. The maximum Gasteiger partial charge on any atom is 0.291 e. The van der Waals surface area contributed by atoms with Crippen LogP contribution in [-0.2, 0) is 0 Å². The van der Waals surface area contributed by atoms with Crippen molar-refractivity contribution in [2.24, 2.45) is 0 Å². The molecule has 25 heavy (non-hydrogen) atoms. The summed E-state index contributed by atoms with van der Waals surface area (Å²) in [7, 11) is 0. The Labute approximate surface area is 146 Å². The fraction of sp³-hybridized carbons (Fsp3) is 0.250. The molecule has 0 saturated carbocycles. The van der Waals surface area contributed by atoms with E-state index in [1.54, 1.807) is 18.2 Å². The monoisotopic (exact) mass is 339 g/mol. The van der Waals surface area contributed by atoms with E-state index in [1.165, 1.54) is 0 Å². The Bertz CT molecular complexity index is 898. The molecule has 1 aromatic heterocycles. The van der Waals surface area contributed by atoms with E-state index in [2.05, 4.69) is 5.32 Å². The van der Waals surface area contributed by atoms with E-state index < -0.39 is 0 Å². The molecule has 0 atom stereocenters. The lowest BCUT2D eigenvalue weighted by molar-refractivity contribution is 0.0998. The molecule has 0 radical (unpaired) electrons. The summed E-state index contributed by atoms with van der Waals surface area (Å²) in [4.78, 5) is 12.6. The first-order valence-electron chi connectivity index (χ1n) is 8.33. The van der Waals surface area contributed by atoms with Gasteiger partial charge in [-0.05, 0) is 39.0 Å². The molecule has 0 spiro atoms. The van der Waals surface area contributed by atoms with Crippen molar-refractivity contribution >= 4 is 22.6 Å². The Kier molecular flexibility index (Phi) is 4.93. The van der Waals surface area contributed by atoms with Gasteiger partial charge in [0.05, 0.1) is 13.2 Å². The standard InChI is InChI=1S/C20H21NO4/c1-4-23-17-11-10-14(12-18(17)24-5-2)21-20(22)19-13(3)15-8-6-7-9-16(15)25-19/h6-12H,4-5H2,1-3H3,(H,21,22). The van der Waals surface area contributed by atoms with Crippen LogP contribution in [0.25, 0.3) is 11.0 Å². The molecule has 0 aliphatic heterocycles. The smallest absolute Gasteiger partial charge is 0.291 e. The number of amides is 1. The Morgan fingerprint density at radius 3 is 2.48 bits per heavy atom. The van der Waals surface area contributed by atoms with Crippen molar-refractivity contribution in [3.63, 3.8) is 0 Å². The molecule has 3 rings (SSSR count). The highest BCUT2D eigenvalue weighted by atomic mass is 16.5. The molecule has 0 saturated heterocycles. The van der Waals surface area contributed by atoms with Gasteiger partial charge in [0, 0.05) is 22.7 Å². The molecule has 1 N–H and O–H groups in total. The summed E-state index contributed by atoms with van der Waals surface area (Å²) in [5, 5.41) is 3.80. The van der Waals surface area contributed by atoms with E-state index in [0.29, 0.717) is 41.7 Å². The second-order valence-electron chi connectivity index (χ2n) is 5.53. The highest BCUT2D eigenvalue weighted by molar-refractivity contribution is 6.06. The van der Waals surface area contributed by atoms with Crippen LogP contribution >= 0.6 is 0 Å². The molecule has 0 bridgehead atoms. The van der Waals surface area contributed by atoms with Crippen LogP contribution in [-0.4, -0.2) is 19.1 Å². The number of anilines is 1. The van der Waals surface area contributed by atoms with Crippen molar-refractivity contribution in [1.82, 2.24) is 0 Å². The van der Waals surface area contributed by atoms with Crippen LogP contribution in [0, 0.1) is 6.92 Å². The Balaban J connectivity index is 1.86. The number of fused-ring (bicyclic) bond motifs is 1.